The summed E-state index contributed by atoms with van der Waals surface area (Å²) in [6.07, 6.45) is 81.6. The highest BCUT2D eigenvalue weighted by Crippen LogP contribution is 2.18. The number of hydrogen-bond acceptors (Lipinski definition) is 7. The van der Waals surface area contributed by atoms with Crippen LogP contribution in [0, 0.1) is 0 Å². The lowest BCUT2D eigenvalue weighted by Crippen LogP contribution is -2.40. The predicted molar refractivity (Wildman–Crippen MR) is 346 cm³/mol. The second kappa shape index (κ2) is 62.5. The van der Waals surface area contributed by atoms with E-state index in [0.717, 1.165) is 64.2 Å². The van der Waals surface area contributed by atoms with Crippen LogP contribution in [0.3, 0.4) is 0 Å². The van der Waals surface area contributed by atoms with Crippen LogP contribution in [0.15, 0.2) is 85.1 Å². The van der Waals surface area contributed by atoms with Gasteiger partial charge < -0.3 is 28.5 Å². The Kier molecular flexibility index (Phi) is 59.8. The van der Waals surface area contributed by atoms with Gasteiger partial charge in [-0.1, -0.05) is 285 Å². The number of likely N-dealkylation sites (N-methyl/N-ethyl adjacent to an activating group) is 1. The lowest BCUT2D eigenvalue weighted by atomic mass is 10.0. The number of carboxylic acids is 1. The number of carboxylic acid groups (broad SMARTS) is 1. The second-order valence-corrected chi connectivity index (χ2v) is 23.7. The first-order valence-corrected chi connectivity index (χ1v) is 33.8. The van der Waals surface area contributed by atoms with Gasteiger partial charge in [-0.2, -0.15) is 0 Å². The molecule has 1 N–H and O–H groups in total. The van der Waals surface area contributed by atoms with Crippen LogP contribution >= 0.6 is 0 Å². The minimum Gasteiger partial charge on any atom is -0.477 e. The average molecular weight is 1140 g/mol. The molecule has 0 saturated heterocycles. The van der Waals surface area contributed by atoms with Gasteiger partial charge in [-0.25, -0.2) is 4.79 Å². The van der Waals surface area contributed by atoms with Crippen molar-refractivity contribution in [3.63, 3.8) is 0 Å². The van der Waals surface area contributed by atoms with Gasteiger partial charge in [-0.3, -0.25) is 9.59 Å². The predicted octanol–water partition coefficient (Wildman–Crippen LogP) is 20.7. The maximum Gasteiger partial charge on any atom is 0.361 e. The van der Waals surface area contributed by atoms with Crippen molar-refractivity contribution in [2.45, 2.75) is 309 Å². The smallest absolute Gasteiger partial charge is 0.361 e. The number of hydrogen-bond donors (Lipinski definition) is 1. The number of allylic oxidation sites excluding steroid dienone is 14. The molecule has 468 valence electrons. The van der Waals surface area contributed by atoms with Crippen molar-refractivity contribution in [2.24, 2.45) is 0 Å². The molecule has 9 nitrogen and oxygen atoms in total. The number of ether oxygens (including phenoxy) is 4. The molecule has 0 amide bonds. The maximum atomic E-state index is 12.8. The quantitative estimate of drug-likeness (QED) is 0.0211. The molecule has 0 aromatic carbocycles. The summed E-state index contributed by atoms with van der Waals surface area (Å²) < 4.78 is 22.8. The third-order valence-corrected chi connectivity index (χ3v) is 14.6. The zero-order chi connectivity index (χ0) is 59.1. The van der Waals surface area contributed by atoms with Crippen molar-refractivity contribution in [2.75, 3.05) is 47.5 Å². The van der Waals surface area contributed by atoms with Crippen LogP contribution in [0.25, 0.3) is 0 Å². The minimum absolute atomic E-state index is 0.175. The molecule has 0 aliphatic carbocycles. The Bertz CT molecular complexity index is 1600. The largest absolute Gasteiger partial charge is 0.477 e. The Morgan fingerprint density at radius 3 is 1.09 bits per heavy atom. The van der Waals surface area contributed by atoms with E-state index in [1.54, 1.807) is 0 Å². The Labute approximate surface area is 500 Å². The fraction of sp³-hybridized carbons (Fsp3) is 0.764. The number of aliphatic carboxylic acids is 1. The average Bonchev–Trinajstić information content (AvgIpc) is 3.44. The molecule has 0 aliphatic rings. The number of rotatable bonds is 62. The monoisotopic (exact) mass is 1130 g/mol. The first-order valence-electron chi connectivity index (χ1n) is 33.8. The lowest BCUT2D eigenvalue weighted by molar-refractivity contribution is -0.870. The summed E-state index contributed by atoms with van der Waals surface area (Å²) in [5.41, 5.74) is 0. The molecule has 0 aromatic rings. The Hall–Kier alpha value is -3.53. The van der Waals surface area contributed by atoms with Crippen molar-refractivity contribution >= 4 is 17.9 Å². The normalized spacial score (nSPS) is 13.2. The van der Waals surface area contributed by atoms with E-state index < -0.39 is 24.3 Å². The van der Waals surface area contributed by atoms with Crippen LogP contribution in [0.2, 0.25) is 0 Å². The standard InChI is InChI=1S/C72H127NO8/c1-6-8-10-12-14-16-18-20-22-24-25-26-27-28-29-30-31-32-33-34-35-36-37-38-39-40-41-42-43-44-45-47-48-50-52-54-56-58-60-62-69(74)79-66-68(67-80-72(71(76)77)78-65-64-73(3,4)5)81-70(75)63-61-59-57-55-53-51-49-46-23-21-19-17-15-13-11-9-7-2/h9,11,15,17-18,20-21,23-25,49,51,55,57,68,72H,6-8,10,12-14,16,19,22,26-48,50,52-54,56,58-67H2,1-5H3/p+1/b11-9-,17-15-,20-18-,23-21-,25-24-,51-49-,57-55-. The van der Waals surface area contributed by atoms with Crippen molar-refractivity contribution in [1.29, 1.82) is 0 Å². The van der Waals surface area contributed by atoms with Crippen molar-refractivity contribution in [1.82, 2.24) is 0 Å². The summed E-state index contributed by atoms with van der Waals surface area (Å²) in [5.74, 6) is -2.08. The van der Waals surface area contributed by atoms with Crippen LogP contribution in [0.5, 0.6) is 0 Å². The van der Waals surface area contributed by atoms with E-state index in [9.17, 15) is 19.5 Å². The van der Waals surface area contributed by atoms with Gasteiger partial charge in [0, 0.05) is 12.8 Å². The number of unbranched alkanes of at least 4 members (excludes halogenated alkanes) is 33. The second-order valence-electron chi connectivity index (χ2n) is 23.7. The fourth-order valence-electron chi connectivity index (χ4n) is 9.49. The topological polar surface area (TPSA) is 108 Å². The number of nitrogens with zero attached hydrogens (tertiary/aromatic N) is 1. The Morgan fingerprint density at radius 2 is 0.716 bits per heavy atom. The molecule has 0 heterocycles. The van der Waals surface area contributed by atoms with E-state index in [0.29, 0.717) is 23.9 Å². The highest BCUT2D eigenvalue weighted by Gasteiger charge is 2.25. The van der Waals surface area contributed by atoms with Crippen LogP contribution in [0.4, 0.5) is 0 Å². The summed E-state index contributed by atoms with van der Waals surface area (Å²) in [6, 6.07) is 0. The lowest BCUT2D eigenvalue weighted by Gasteiger charge is -2.25. The van der Waals surface area contributed by atoms with Crippen molar-refractivity contribution < 1.29 is 42.9 Å². The molecule has 81 heavy (non-hydrogen) atoms. The van der Waals surface area contributed by atoms with E-state index in [2.05, 4.69) is 98.9 Å². The SMILES string of the molecule is CC/C=C\C/C=C\C/C=C\C/C=C\C/C=C\CCCC(=O)OC(COC(=O)CCCCCCCCCCCCCCCCCCCCCCCCCCCCC/C=C\C/C=C\CCCCCCC)COC(OCC[N+](C)(C)C)C(=O)O. The highest BCUT2D eigenvalue weighted by atomic mass is 16.7. The number of carbonyl (C=O) groups excluding carboxylic acids is 2. The third kappa shape index (κ3) is 63.9. The summed E-state index contributed by atoms with van der Waals surface area (Å²) in [5, 5.41) is 9.71. The summed E-state index contributed by atoms with van der Waals surface area (Å²) in [7, 11) is 5.95. The third-order valence-electron chi connectivity index (χ3n) is 14.6. The van der Waals surface area contributed by atoms with Gasteiger partial charge in [0.05, 0.1) is 34.4 Å². The molecular formula is C72H128NO8+. The molecule has 0 saturated carbocycles. The van der Waals surface area contributed by atoms with Gasteiger partial charge in [-0.15, -0.1) is 0 Å². The summed E-state index contributed by atoms with van der Waals surface area (Å²) in [6.45, 7) is 4.70. The first-order chi connectivity index (χ1) is 39.6. The Morgan fingerprint density at radius 1 is 0.383 bits per heavy atom. The van der Waals surface area contributed by atoms with E-state index in [1.807, 2.05) is 21.1 Å². The van der Waals surface area contributed by atoms with Gasteiger partial charge in [0.25, 0.3) is 6.29 Å². The summed E-state index contributed by atoms with van der Waals surface area (Å²) >= 11 is 0. The number of carbonyl (C=O) groups is 3. The van der Waals surface area contributed by atoms with Crippen LogP contribution in [-0.2, 0) is 33.3 Å². The van der Waals surface area contributed by atoms with Crippen molar-refractivity contribution in [3.8, 4) is 0 Å². The van der Waals surface area contributed by atoms with E-state index in [1.165, 1.54) is 199 Å². The minimum atomic E-state index is -1.53. The van der Waals surface area contributed by atoms with Gasteiger partial charge in [0.2, 0.25) is 0 Å². The number of esters is 2. The van der Waals surface area contributed by atoms with E-state index >= 15 is 0 Å². The zero-order valence-corrected chi connectivity index (χ0v) is 53.4. The molecule has 9 heteroatoms. The van der Waals surface area contributed by atoms with Crippen LogP contribution in [0.1, 0.15) is 296 Å². The number of quaternary nitrogens is 1. The fourth-order valence-corrected chi connectivity index (χ4v) is 9.49. The molecule has 0 aromatic heterocycles. The molecule has 0 spiro atoms. The molecule has 2 atom stereocenters. The molecule has 0 aliphatic heterocycles. The maximum absolute atomic E-state index is 12.8. The molecule has 0 rings (SSSR count). The highest BCUT2D eigenvalue weighted by molar-refractivity contribution is 5.71. The van der Waals surface area contributed by atoms with Gasteiger partial charge in [0.15, 0.2) is 6.10 Å². The molecule has 0 fully saturated rings. The summed E-state index contributed by atoms with van der Waals surface area (Å²) in [4.78, 5) is 37.4. The van der Waals surface area contributed by atoms with E-state index in [-0.39, 0.29) is 32.2 Å². The molecule has 2 unspecified atom stereocenters. The van der Waals surface area contributed by atoms with Gasteiger partial charge in [-0.05, 0) is 83.5 Å². The molecule has 0 bridgehead atoms. The van der Waals surface area contributed by atoms with Crippen molar-refractivity contribution in [3.05, 3.63) is 85.1 Å². The molecule has 0 radical (unpaired) electrons. The van der Waals surface area contributed by atoms with Gasteiger partial charge >= 0.3 is 17.9 Å². The van der Waals surface area contributed by atoms with E-state index in [4.69, 9.17) is 18.9 Å². The van der Waals surface area contributed by atoms with Crippen LogP contribution in [-0.4, -0.2) is 87.4 Å². The Balaban J connectivity index is 3.99. The van der Waals surface area contributed by atoms with Crippen LogP contribution < -0.4 is 0 Å². The molecular weight excluding hydrogens is 1010 g/mol. The zero-order valence-electron chi connectivity index (χ0n) is 53.4. The van der Waals surface area contributed by atoms with Gasteiger partial charge in [0.1, 0.15) is 13.2 Å². The first kappa shape index (κ1) is 77.5.